The molecule has 1 atom stereocenters. The van der Waals surface area contributed by atoms with Gasteiger partial charge in [0.05, 0.1) is 11.7 Å². The predicted molar refractivity (Wildman–Crippen MR) is 62.7 cm³/mol. The van der Waals surface area contributed by atoms with Gasteiger partial charge in [0, 0.05) is 5.02 Å². The van der Waals surface area contributed by atoms with E-state index in [1.807, 2.05) is 0 Å². The fourth-order valence-corrected chi connectivity index (χ4v) is 1.61. The van der Waals surface area contributed by atoms with Crippen LogP contribution < -0.4 is 4.74 Å². The second kappa shape index (κ2) is 5.29. The quantitative estimate of drug-likeness (QED) is 0.900. The Morgan fingerprint density at radius 3 is 2.76 bits per heavy atom. The molecule has 1 N–H and O–H groups in total. The third-order valence-corrected chi connectivity index (χ3v) is 2.40. The van der Waals surface area contributed by atoms with Gasteiger partial charge in [-0.25, -0.2) is 0 Å². The van der Waals surface area contributed by atoms with Crippen LogP contribution in [0.25, 0.3) is 0 Å². The molecule has 0 spiro atoms. The topological polar surface area (TPSA) is 47.9 Å². The van der Waals surface area contributed by atoms with Gasteiger partial charge in [-0.2, -0.15) is 0 Å². The van der Waals surface area contributed by atoms with Crippen LogP contribution in [0, 0.1) is 0 Å². The Morgan fingerprint density at radius 1 is 1.41 bits per heavy atom. The van der Waals surface area contributed by atoms with Gasteiger partial charge in [0.2, 0.25) is 0 Å². The molecule has 1 aromatic carbocycles. The molecule has 0 bridgehead atoms. The van der Waals surface area contributed by atoms with Crippen molar-refractivity contribution >= 4 is 11.6 Å². The van der Waals surface area contributed by atoms with E-state index < -0.39 is 12.4 Å². The van der Waals surface area contributed by atoms with Crippen molar-refractivity contribution in [3.8, 4) is 5.75 Å². The van der Waals surface area contributed by atoms with Crippen molar-refractivity contribution in [2.45, 2.75) is 19.3 Å². The van der Waals surface area contributed by atoms with Crippen molar-refractivity contribution in [2.75, 3.05) is 6.61 Å². The fraction of sp³-hybridized carbons (Fsp3) is 0.333. The molecule has 0 fully saturated rings. The van der Waals surface area contributed by atoms with E-state index in [0.717, 1.165) is 0 Å². The summed E-state index contributed by atoms with van der Waals surface area (Å²) in [5.41, 5.74) is 0.697. The van der Waals surface area contributed by atoms with E-state index in [0.29, 0.717) is 16.3 Å². The lowest BCUT2D eigenvalue weighted by Crippen LogP contribution is -2.14. The van der Waals surface area contributed by atoms with Gasteiger partial charge in [0.1, 0.15) is 24.9 Å². The average Bonchev–Trinajstić information content (AvgIpc) is 2.80. The molecule has 0 amide bonds. The van der Waals surface area contributed by atoms with Crippen LogP contribution >= 0.6 is 11.6 Å². The molecular weight excluding hydrogens is 244 g/mol. The second-order valence-electron chi connectivity index (χ2n) is 3.72. The lowest BCUT2D eigenvalue weighted by Gasteiger charge is -2.16. The minimum absolute atomic E-state index is 0.203. The van der Waals surface area contributed by atoms with Crippen molar-refractivity contribution in [1.82, 2.24) is 0 Å². The molecule has 5 heteroatoms. The summed E-state index contributed by atoms with van der Waals surface area (Å²) < 4.78 is 15.9. The number of hydrogen-bond donors (Lipinski definition) is 1. The van der Waals surface area contributed by atoms with E-state index >= 15 is 0 Å². The van der Waals surface area contributed by atoms with Gasteiger partial charge >= 0.3 is 0 Å². The largest absolute Gasteiger partial charge is 0.490 e. The summed E-state index contributed by atoms with van der Waals surface area (Å²) in [7, 11) is 0. The first-order valence-corrected chi connectivity index (χ1v) is 5.61. The Bertz CT molecular complexity index is 409. The summed E-state index contributed by atoms with van der Waals surface area (Å²) in [6, 6.07) is 5.16. The normalized spacial score (nSPS) is 16.4. The van der Waals surface area contributed by atoms with Crippen molar-refractivity contribution in [2.24, 2.45) is 0 Å². The van der Waals surface area contributed by atoms with Crippen LogP contribution in [0.5, 0.6) is 5.75 Å². The maximum Gasteiger partial charge on any atom is 0.269 e. The Kier molecular flexibility index (Phi) is 3.76. The van der Waals surface area contributed by atoms with E-state index in [-0.39, 0.29) is 6.61 Å². The minimum atomic E-state index is -0.544. The van der Waals surface area contributed by atoms with Crippen LogP contribution in [0.3, 0.4) is 0 Å². The smallest absolute Gasteiger partial charge is 0.269 e. The summed E-state index contributed by atoms with van der Waals surface area (Å²) in [4.78, 5) is 0. The van der Waals surface area contributed by atoms with Gasteiger partial charge in [-0.05, 0) is 25.1 Å². The molecule has 2 rings (SSSR count). The van der Waals surface area contributed by atoms with Crippen LogP contribution in [0.4, 0.5) is 0 Å². The zero-order chi connectivity index (χ0) is 12.3. The standard InChI is InChI=1S/C12H13ClO4/c1-8(14)7-17-11-3-2-9(13)6-10(11)12-15-4-5-16-12/h2-6,8,12,14H,7H2,1H3. The second-order valence-corrected chi connectivity index (χ2v) is 4.15. The zero-order valence-corrected chi connectivity index (χ0v) is 10.1. The average molecular weight is 257 g/mol. The Morgan fingerprint density at radius 2 is 2.12 bits per heavy atom. The summed E-state index contributed by atoms with van der Waals surface area (Å²) in [6.45, 7) is 1.86. The van der Waals surface area contributed by atoms with E-state index in [4.69, 9.17) is 25.8 Å². The maximum atomic E-state index is 9.20. The maximum absolute atomic E-state index is 9.20. The first-order chi connectivity index (χ1) is 8.16. The molecule has 4 nitrogen and oxygen atoms in total. The molecule has 1 unspecified atom stereocenters. The van der Waals surface area contributed by atoms with Crippen molar-refractivity contribution in [3.63, 3.8) is 0 Å². The van der Waals surface area contributed by atoms with Crippen LogP contribution in [0.2, 0.25) is 5.02 Å². The van der Waals surface area contributed by atoms with Crippen LogP contribution in [-0.2, 0) is 9.47 Å². The highest BCUT2D eigenvalue weighted by atomic mass is 35.5. The molecule has 1 aliphatic heterocycles. The van der Waals surface area contributed by atoms with Crippen LogP contribution in [0.1, 0.15) is 18.8 Å². The lowest BCUT2D eigenvalue weighted by molar-refractivity contribution is -0.0270. The zero-order valence-electron chi connectivity index (χ0n) is 9.30. The number of aliphatic hydroxyl groups is 1. The highest BCUT2D eigenvalue weighted by molar-refractivity contribution is 6.30. The van der Waals surface area contributed by atoms with E-state index in [2.05, 4.69) is 0 Å². The molecule has 0 radical (unpaired) electrons. The molecular formula is C12H13ClO4. The van der Waals surface area contributed by atoms with Crippen molar-refractivity contribution in [3.05, 3.63) is 41.3 Å². The van der Waals surface area contributed by atoms with Crippen LogP contribution in [0.15, 0.2) is 30.7 Å². The molecule has 92 valence electrons. The van der Waals surface area contributed by atoms with Crippen molar-refractivity contribution < 1.29 is 19.3 Å². The Balaban J connectivity index is 2.18. The summed E-state index contributed by atoms with van der Waals surface area (Å²) in [5.74, 6) is 0.587. The molecule has 0 aliphatic carbocycles. The number of ether oxygens (including phenoxy) is 3. The van der Waals surface area contributed by atoms with Crippen molar-refractivity contribution in [1.29, 1.82) is 0 Å². The summed E-state index contributed by atoms with van der Waals surface area (Å²) >= 11 is 5.92. The molecule has 17 heavy (non-hydrogen) atoms. The van der Waals surface area contributed by atoms with Gasteiger partial charge in [-0.15, -0.1) is 0 Å². The first kappa shape index (κ1) is 12.1. The molecule has 1 heterocycles. The predicted octanol–water partition coefficient (Wildman–Crippen LogP) is 2.62. The summed E-state index contributed by atoms with van der Waals surface area (Å²) in [6.07, 6.45) is 1.84. The van der Waals surface area contributed by atoms with Gasteiger partial charge in [0.15, 0.2) is 0 Å². The minimum Gasteiger partial charge on any atom is -0.490 e. The number of rotatable bonds is 4. The van der Waals surface area contributed by atoms with Crippen LogP contribution in [-0.4, -0.2) is 17.8 Å². The van der Waals surface area contributed by atoms with E-state index in [1.165, 1.54) is 12.5 Å². The van der Waals surface area contributed by atoms with E-state index in [9.17, 15) is 5.11 Å². The van der Waals surface area contributed by atoms with Gasteiger partial charge in [-0.3, -0.25) is 0 Å². The number of hydrogen-bond acceptors (Lipinski definition) is 4. The summed E-state index contributed by atoms with van der Waals surface area (Å²) in [5, 5.41) is 9.77. The molecule has 0 saturated carbocycles. The van der Waals surface area contributed by atoms with Gasteiger partial charge in [-0.1, -0.05) is 11.6 Å². The van der Waals surface area contributed by atoms with E-state index in [1.54, 1.807) is 25.1 Å². The lowest BCUT2D eigenvalue weighted by atomic mass is 10.2. The fourth-order valence-electron chi connectivity index (χ4n) is 1.43. The Labute approximate surface area is 104 Å². The first-order valence-electron chi connectivity index (χ1n) is 5.23. The number of benzene rings is 1. The third-order valence-electron chi connectivity index (χ3n) is 2.17. The highest BCUT2D eigenvalue weighted by Gasteiger charge is 2.21. The third kappa shape index (κ3) is 3.05. The molecule has 0 aromatic heterocycles. The molecule has 1 aliphatic rings. The Hall–Kier alpha value is -1.39. The van der Waals surface area contributed by atoms with Gasteiger partial charge in [0.25, 0.3) is 6.29 Å². The molecule has 1 aromatic rings. The molecule has 0 saturated heterocycles. The monoisotopic (exact) mass is 256 g/mol. The SMILES string of the molecule is CC(O)COc1ccc(Cl)cc1C1OC=CO1. The number of halogens is 1. The van der Waals surface area contributed by atoms with Gasteiger partial charge < -0.3 is 19.3 Å². The number of aliphatic hydroxyl groups excluding tert-OH is 1. The highest BCUT2D eigenvalue weighted by Crippen LogP contribution is 2.33.